The zero-order chi connectivity index (χ0) is 30.2. The van der Waals surface area contributed by atoms with E-state index in [2.05, 4.69) is 32.1 Å². The van der Waals surface area contributed by atoms with Crippen molar-refractivity contribution in [3.8, 4) is 11.8 Å². The fourth-order valence-corrected chi connectivity index (χ4v) is 5.21. The average Bonchev–Trinajstić information content (AvgIpc) is 3.30. The zero-order valence-corrected chi connectivity index (χ0v) is 24.9. The summed E-state index contributed by atoms with van der Waals surface area (Å²) >= 11 is 0. The number of fused-ring (bicyclic) bond motifs is 2. The third-order valence-corrected chi connectivity index (χ3v) is 7.19. The molecule has 4 aromatic rings. The van der Waals surface area contributed by atoms with Crippen molar-refractivity contribution < 1.29 is 9.53 Å². The van der Waals surface area contributed by atoms with Gasteiger partial charge in [-0.2, -0.15) is 4.98 Å². The smallest absolute Gasteiger partial charge is 0.410 e. The van der Waals surface area contributed by atoms with E-state index in [0.29, 0.717) is 24.9 Å². The standard InChI is InChI=1S/C30H36N8O4/c1-7-8-16-37-24-25(34-27(37)32-20-12-11-15-36(17-20)29(41)42-30(3,4)5)35(6)28(40)38(26(24)39)18-23-31-19(2)21-13-9-10-14-22(21)33-23/h9-10,13-14,20H,11-12,15-18H2,1-6H3,(H,32,34)/t20-/m0/s1. The Kier molecular flexibility index (Phi) is 7.77. The molecule has 1 saturated heterocycles. The minimum atomic E-state index is -0.592. The Hall–Kier alpha value is -4.66. The van der Waals surface area contributed by atoms with Crippen molar-refractivity contribution in [3.63, 3.8) is 0 Å². The summed E-state index contributed by atoms with van der Waals surface area (Å²) in [5.41, 5.74) is 0.397. The van der Waals surface area contributed by atoms with Gasteiger partial charge in [0.05, 0.1) is 18.6 Å². The van der Waals surface area contributed by atoms with Crippen LogP contribution in [0.4, 0.5) is 10.7 Å². The molecule has 42 heavy (non-hydrogen) atoms. The molecule has 0 spiro atoms. The molecule has 0 radical (unpaired) electrons. The first-order valence-corrected chi connectivity index (χ1v) is 14.0. The molecule has 12 heteroatoms. The van der Waals surface area contributed by atoms with Crippen molar-refractivity contribution >= 4 is 34.1 Å². The van der Waals surface area contributed by atoms with E-state index in [1.165, 1.54) is 4.57 Å². The van der Waals surface area contributed by atoms with Crippen LogP contribution in [0.2, 0.25) is 0 Å². The van der Waals surface area contributed by atoms with Crippen LogP contribution in [-0.4, -0.2) is 64.4 Å². The number of carbonyl (C=O) groups is 1. The van der Waals surface area contributed by atoms with Crippen LogP contribution in [0.1, 0.15) is 52.1 Å². The molecule has 1 aliphatic rings. The van der Waals surface area contributed by atoms with Crippen molar-refractivity contribution in [1.29, 1.82) is 0 Å². The van der Waals surface area contributed by atoms with E-state index in [-0.39, 0.29) is 36.4 Å². The second kappa shape index (κ2) is 11.3. The van der Waals surface area contributed by atoms with Crippen LogP contribution in [0.3, 0.4) is 0 Å². The molecule has 0 unspecified atom stereocenters. The number of piperidine rings is 1. The predicted octanol–water partition coefficient (Wildman–Crippen LogP) is 3.03. The number of para-hydroxylation sites is 1. The van der Waals surface area contributed by atoms with Crippen LogP contribution in [-0.2, 0) is 24.9 Å². The van der Waals surface area contributed by atoms with Crippen molar-refractivity contribution in [1.82, 2.24) is 33.6 Å². The number of hydrogen-bond donors (Lipinski definition) is 1. The maximum Gasteiger partial charge on any atom is 0.410 e. The van der Waals surface area contributed by atoms with Crippen molar-refractivity contribution in [2.24, 2.45) is 7.05 Å². The molecule has 5 rings (SSSR count). The van der Waals surface area contributed by atoms with Gasteiger partial charge in [0.1, 0.15) is 11.4 Å². The molecule has 1 atom stereocenters. The summed E-state index contributed by atoms with van der Waals surface area (Å²) in [5.74, 6) is 6.67. The van der Waals surface area contributed by atoms with E-state index in [1.807, 2.05) is 52.0 Å². The summed E-state index contributed by atoms with van der Waals surface area (Å²) in [6, 6.07) is 7.48. The number of nitrogens with zero attached hydrogens (tertiary/aromatic N) is 7. The van der Waals surface area contributed by atoms with Gasteiger partial charge < -0.3 is 15.0 Å². The van der Waals surface area contributed by atoms with Crippen LogP contribution < -0.4 is 16.6 Å². The third kappa shape index (κ3) is 5.72. The van der Waals surface area contributed by atoms with Crippen LogP contribution in [0.25, 0.3) is 22.1 Å². The Bertz CT molecular complexity index is 1850. The number of imidazole rings is 1. The number of aryl methyl sites for hydroxylation is 2. The van der Waals surface area contributed by atoms with Crippen LogP contribution in [0, 0.1) is 18.8 Å². The molecule has 0 aliphatic carbocycles. The summed E-state index contributed by atoms with van der Waals surface area (Å²) in [7, 11) is 1.59. The first-order chi connectivity index (χ1) is 20.0. The summed E-state index contributed by atoms with van der Waals surface area (Å²) in [5, 5.41) is 4.33. The Morgan fingerprint density at radius 1 is 1.14 bits per heavy atom. The lowest BCUT2D eigenvalue weighted by Crippen LogP contribution is -2.47. The zero-order valence-electron chi connectivity index (χ0n) is 24.9. The number of aromatic nitrogens is 6. The Labute approximate surface area is 243 Å². The molecular formula is C30H36N8O4. The highest BCUT2D eigenvalue weighted by molar-refractivity contribution is 5.80. The van der Waals surface area contributed by atoms with Gasteiger partial charge in [-0.25, -0.2) is 19.6 Å². The highest BCUT2D eigenvalue weighted by Crippen LogP contribution is 2.21. The topological polar surface area (TPSA) is 129 Å². The Morgan fingerprint density at radius 2 is 1.90 bits per heavy atom. The SMILES string of the molecule is CC#CCn1c(N[C@H]2CCCN(C(=O)OC(C)(C)C)C2)nc2c1c(=O)n(Cc1nc(C)c3ccccc3n1)c(=O)n2C. The van der Waals surface area contributed by atoms with Gasteiger partial charge in [0.15, 0.2) is 11.2 Å². The molecular weight excluding hydrogens is 536 g/mol. The molecule has 220 valence electrons. The van der Waals surface area contributed by atoms with Gasteiger partial charge in [-0.1, -0.05) is 24.1 Å². The second-order valence-corrected chi connectivity index (χ2v) is 11.5. The van der Waals surface area contributed by atoms with E-state index < -0.39 is 16.9 Å². The molecule has 0 saturated carbocycles. The van der Waals surface area contributed by atoms with Gasteiger partial charge >= 0.3 is 11.8 Å². The van der Waals surface area contributed by atoms with E-state index >= 15 is 0 Å². The van der Waals surface area contributed by atoms with Crippen LogP contribution >= 0.6 is 0 Å². The van der Waals surface area contributed by atoms with E-state index in [9.17, 15) is 14.4 Å². The van der Waals surface area contributed by atoms with E-state index in [1.54, 1.807) is 23.4 Å². The minimum Gasteiger partial charge on any atom is -0.444 e. The van der Waals surface area contributed by atoms with Gasteiger partial charge in [0.25, 0.3) is 5.56 Å². The lowest BCUT2D eigenvalue weighted by atomic mass is 10.1. The van der Waals surface area contributed by atoms with Gasteiger partial charge in [-0.15, -0.1) is 5.92 Å². The Balaban J connectivity index is 1.53. The highest BCUT2D eigenvalue weighted by atomic mass is 16.6. The number of likely N-dealkylation sites (tertiary alicyclic amines) is 1. The first-order valence-electron chi connectivity index (χ1n) is 14.0. The van der Waals surface area contributed by atoms with Gasteiger partial charge in [-0.3, -0.25) is 18.5 Å². The quantitative estimate of drug-likeness (QED) is 0.362. The number of ether oxygens (including phenoxy) is 1. The lowest BCUT2D eigenvalue weighted by molar-refractivity contribution is 0.0206. The summed E-state index contributed by atoms with van der Waals surface area (Å²) in [6.07, 6.45) is 1.21. The first kappa shape index (κ1) is 28.9. The fraction of sp³-hybridized carbons (Fsp3) is 0.467. The fourth-order valence-electron chi connectivity index (χ4n) is 5.21. The predicted molar refractivity (Wildman–Crippen MR) is 161 cm³/mol. The summed E-state index contributed by atoms with van der Waals surface area (Å²) < 4.78 is 9.76. The van der Waals surface area contributed by atoms with Crippen molar-refractivity contribution in [2.45, 2.75) is 72.2 Å². The van der Waals surface area contributed by atoms with E-state index in [4.69, 9.17) is 4.74 Å². The van der Waals surface area contributed by atoms with E-state index in [0.717, 1.165) is 34.0 Å². The minimum absolute atomic E-state index is 0.0893. The number of anilines is 1. The molecule has 1 aromatic carbocycles. The molecule has 1 aliphatic heterocycles. The van der Waals surface area contributed by atoms with Gasteiger partial charge in [0, 0.05) is 37.3 Å². The molecule has 1 amide bonds. The largest absolute Gasteiger partial charge is 0.444 e. The van der Waals surface area contributed by atoms with Crippen LogP contribution in [0.5, 0.6) is 0 Å². The number of nitrogens with one attached hydrogen (secondary N) is 1. The number of amides is 1. The third-order valence-electron chi connectivity index (χ3n) is 7.19. The summed E-state index contributed by atoms with van der Waals surface area (Å²) in [4.78, 5) is 55.6. The number of carbonyl (C=O) groups excluding carboxylic acids is 1. The maximum atomic E-state index is 13.9. The average molecular weight is 573 g/mol. The molecule has 3 aromatic heterocycles. The Morgan fingerprint density at radius 3 is 2.64 bits per heavy atom. The molecule has 4 heterocycles. The number of benzene rings is 1. The molecule has 1 N–H and O–H groups in total. The van der Waals surface area contributed by atoms with Crippen molar-refractivity contribution in [3.05, 3.63) is 56.6 Å². The number of hydrogen-bond acceptors (Lipinski definition) is 8. The second-order valence-electron chi connectivity index (χ2n) is 11.5. The lowest BCUT2D eigenvalue weighted by Gasteiger charge is -2.34. The van der Waals surface area contributed by atoms with Crippen LogP contribution in [0.15, 0.2) is 33.9 Å². The highest BCUT2D eigenvalue weighted by Gasteiger charge is 2.29. The van der Waals surface area contributed by atoms with Gasteiger partial charge in [0.2, 0.25) is 5.95 Å². The monoisotopic (exact) mass is 572 g/mol. The number of rotatable bonds is 5. The summed E-state index contributed by atoms with van der Waals surface area (Å²) in [6.45, 7) is 10.2. The van der Waals surface area contributed by atoms with Gasteiger partial charge in [-0.05, 0) is 53.5 Å². The molecule has 1 fully saturated rings. The maximum absolute atomic E-state index is 13.9. The normalized spacial score (nSPS) is 15.5. The molecule has 0 bridgehead atoms. The molecule has 12 nitrogen and oxygen atoms in total. The van der Waals surface area contributed by atoms with Crippen molar-refractivity contribution in [2.75, 3.05) is 18.4 Å².